The number of hydrogen-bond acceptors (Lipinski definition) is 2. The summed E-state index contributed by atoms with van der Waals surface area (Å²) >= 11 is 11.8. The number of benzene rings is 1. The molecule has 1 aromatic carbocycles. The lowest BCUT2D eigenvalue weighted by atomic mass is 10.2. The van der Waals surface area contributed by atoms with Crippen molar-refractivity contribution in [3.63, 3.8) is 0 Å². The van der Waals surface area contributed by atoms with Crippen LogP contribution in [0.5, 0.6) is 0 Å². The third-order valence-corrected chi connectivity index (χ3v) is 3.09. The predicted molar refractivity (Wildman–Crippen MR) is 69.5 cm³/mol. The maximum Gasteiger partial charge on any atom is 0.101 e. The minimum Gasteiger partial charge on any atom is -0.245 e. The molecule has 0 saturated carbocycles. The molecule has 0 unspecified atom stereocenters. The van der Waals surface area contributed by atoms with Crippen molar-refractivity contribution in [2.75, 3.05) is 0 Å². The summed E-state index contributed by atoms with van der Waals surface area (Å²) in [5.74, 6) is 0.402. The lowest BCUT2D eigenvalue weighted by Gasteiger charge is -2.05. The van der Waals surface area contributed by atoms with Gasteiger partial charge in [0.1, 0.15) is 5.69 Å². The van der Waals surface area contributed by atoms with E-state index in [-0.39, 0.29) is 0 Å². The summed E-state index contributed by atoms with van der Waals surface area (Å²) in [5.41, 5.74) is 3.05. The number of alkyl halides is 1. The number of rotatable bonds is 4. The SMILES string of the molecule is CCc1c(CCl)nnn1Cc1cccc(Cl)c1. The van der Waals surface area contributed by atoms with E-state index in [1.807, 2.05) is 28.9 Å². The Labute approximate surface area is 110 Å². The van der Waals surface area contributed by atoms with Crippen molar-refractivity contribution in [3.8, 4) is 0 Å². The van der Waals surface area contributed by atoms with E-state index >= 15 is 0 Å². The predicted octanol–water partition coefficient (Wildman–Crippen LogP) is 3.28. The van der Waals surface area contributed by atoms with Crippen LogP contribution in [0.15, 0.2) is 24.3 Å². The molecule has 0 atom stereocenters. The maximum absolute atomic E-state index is 5.95. The molecule has 5 heteroatoms. The Morgan fingerprint density at radius 1 is 1.35 bits per heavy atom. The molecule has 1 heterocycles. The highest BCUT2D eigenvalue weighted by molar-refractivity contribution is 6.30. The molecular formula is C12H13Cl2N3. The molecule has 17 heavy (non-hydrogen) atoms. The van der Waals surface area contributed by atoms with Crippen molar-refractivity contribution in [2.24, 2.45) is 0 Å². The summed E-state index contributed by atoms with van der Waals surface area (Å²) in [5, 5.41) is 8.93. The van der Waals surface area contributed by atoms with Crippen LogP contribution in [0, 0.1) is 0 Å². The zero-order chi connectivity index (χ0) is 12.3. The monoisotopic (exact) mass is 269 g/mol. The topological polar surface area (TPSA) is 30.7 Å². The van der Waals surface area contributed by atoms with Crippen LogP contribution in [-0.2, 0) is 18.8 Å². The molecule has 0 aliphatic rings. The molecule has 0 aliphatic heterocycles. The van der Waals surface area contributed by atoms with Crippen LogP contribution in [0.3, 0.4) is 0 Å². The number of nitrogens with zero attached hydrogens (tertiary/aromatic N) is 3. The van der Waals surface area contributed by atoms with Gasteiger partial charge in [-0.2, -0.15) is 0 Å². The lowest BCUT2D eigenvalue weighted by molar-refractivity contribution is 0.622. The van der Waals surface area contributed by atoms with Crippen molar-refractivity contribution in [3.05, 3.63) is 46.2 Å². The molecular weight excluding hydrogens is 257 g/mol. The van der Waals surface area contributed by atoms with Gasteiger partial charge in [0.05, 0.1) is 18.1 Å². The van der Waals surface area contributed by atoms with Gasteiger partial charge in [-0.1, -0.05) is 35.9 Å². The summed E-state index contributed by atoms with van der Waals surface area (Å²) < 4.78 is 1.88. The quantitative estimate of drug-likeness (QED) is 0.798. The van der Waals surface area contributed by atoms with E-state index in [1.165, 1.54) is 0 Å². The van der Waals surface area contributed by atoms with Gasteiger partial charge in [-0.15, -0.1) is 16.7 Å². The summed E-state index contributed by atoms with van der Waals surface area (Å²) in [6.07, 6.45) is 0.871. The van der Waals surface area contributed by atoms with Crippen molar-refractivity contribution < 1.29 is 0 Å². The van der Waals surface area contributed by atoms with Crippen LogP contribution in [0.25, 0.3) is 0 Å². The molecule has 1 aromatic heterocycles. The smallest absolute Gasteiger partial charge is 0.101 e. The molecule has 3 nitrogen and oxygen atoms in total. The normalized spacial score (nSPS) is 10.8. The molecule has 0 radical (unpaired) electrons. The molecule has 90 valence electrons. The van der Waals surface area contributed by atoms with Crippen LogP contribution in [0.1, 0.15) is 23.9 Å². The van der Waals surface area contributed by atoms with Crippen LogP contribution in [-0.4, -0.2) is 15.0 Å². The average molecular weight is 270 g/mol. The van der Waals surface area contributed by atoms with Crippen LogP contribution >= 0.6 is 23.2 Å². The van der Waals surface area contributed by atoms with Crippen molar-refractivity contribution >= 4 is 23.2 Å². The Morgan fingerprint density at radius 3 is 2.82 bits per heavy atom. The maximum atomic E-state index is 5.95. The second kappa shape index (κ2) is 5.52. The number of aromatic nitrogens is 3. The Kier molecular flexibility index (Phi) is 4.02. The first-order valence-electron chi connectivity index (χ1n) is 5.46. The summed E-state index contributed by atoms with van der Waals surface area (Å²) in [7, 11) is 0. The van der Waals surface area contributed by atoms with E-state index < -0.39 is 0 Å². The second-order valence-electron chi connectivity index (χ2n) is 3.76. The van der Waals surface area contributed by atoms with Gasteiger partial charge in [0.25, 0.3) is 0 Å². The molecule has 0 fully saturated rings. The highest BCUT2D eigenvalue weighted by Gasteiger charge is 2.10. The van der Waals surface area contributed by atoms with Crippen molar-refractivity contribution in [1.29, 1.82) is 0 Å². The van der Waals surface area contributed by atoms with Gasteiger partial charge < -0.3 is 0 Å². The lowest BCUT2D eigenvalue weighted by Crippen LogP contribution is -2.06. The zero-order valence-electron chi connectivity index (χ0n) is 9.53. The molecule has 2 aromatic rings. The summed E-state index contributed by atoms with van der Waals surface area (Å²) in [6, 6.07) is 7.75. The van der Waals surface area contributed by atoms with E-state index in [9.17, 15) is 0 Å². The Bertz CT molecular complexity index is 508. The van der Waals surface area contributed by atoms with Gasteiger partial charge in [-0.3, -0.25) is 0 Å². The Balaban J connectivity index is 2.27. The van der Waals surface area contributed by atoms with Crippen LogP contribution in [0.2, 0.25) is 5.02 Å². The fourth-order valence-corrected chi connectivity index (χ4v) is 2.21. The van der Waals surface area contributed by atoms with Crippen LogP contribution < -0.4 is 0 Å². The zero-order valence-corrected chi connectivity index (χ0v) is 11.0. The van der Waals surface area contributed by atoms with Crippen LogP contribution in [0.4, 0.5) is 0 Å². The highest BCUT2D eigenvalue weighted by atomic mass is 35.5. The first kappa shape index (κ1) is 12.4. The van der Waals surface area contributed by atoms with E-state index in [2.05, 4.69) is 17.2 Å². The summed E-state index contributed by atoms with van der Waals surface area (Å²) in [4.78, 5) is 0. The van der Waals surface area contributed by atoms with Gasteiger partial charge in [0, 0.05) is 5.02 Å². The molecule has 0 aliphatic carbocycles. The molecule has 0 spiro atoms. The molecule has 0 bridgehead atoms. The minimum absolute atomic E-state index is 0.402. The second-order valence-corrected chi connectivity index (χ2v) is 4.46. The fourth-order valence-electron chi connectivity index (χ4n) is 1.79. The van der Waals surface area contributed by atoms with Crippen molar-refractivity contribution in [1.82, 2.24) is 15.0 Å². The van der Waals surface area contributed by atoms with Crippen molar-refractivity contribution in [2.45, 2.75) is 25.8 Å². The Hall–Kier alpha value is -1.06. The van der Waals surface area contributed by atoms with Gasteiger partial charge in [-0.25, -0.2) is 4.68 Å². The number of hydrogen-bond donors (Lipinski definition) is 0. The first-order chi connectivity index (χ1) is 8.24. The third kappa shape index (κ3) is 2.79. The standard InChI is InChI=1S/C12H13Cl2N3/c1-2-12-11(7-13)15-16-17(12)8-9-4-3-5-10(14)6-9/h3-6H,2,7-8H2,1H3. The van der Waals surface area contributed by atoms with Gasteiger partial charge in [0.2, 0.25) is 0 Å². The molecule has 0 saturated heterocycles. The summed E-state index contributed by atoms with van der Waals surface area (Å²) in [6.45, 7) is 2.75. The average Bonchev–Trinajstić information content (AvgIpc) is 2.71. The molecule has 0 N–H and O–H groups in total. The van der Waals surface area contributed by atoms with E-state index in [4.69, 9.17) is 23.2 Å². The third-order valence-electron chi connectivity index (χ3n) is 2.60. The molecule has 2 rings (SSSR count). The van der Waals surface area contributed by atoms with E-state index in [0.717, 1.165) is 28.4 Å². The largest absolute Gasteiger partial charge is 0.245 e. The number of halogens is 2. The van der Waals surface area contributed by atoms with Gasteiger partial charge in [0.15, 0.2) is 0 Å². The van der Waals surface area contributed by atoms with E-state index in [0.29, 0.717) is 12.4 Å². The molecule has 0 amide bonds. The van der Waals surface area contributed by atoms with Gasteiger partial charge >= 0.3 is 0 Å². The highest BCUT2D eigenvalue weighted by Crippen LogP contribution is 2.14. The van der Waals surface area contributed by atoms with E-state index in [1.54, 1.807) is 0 Å². The first-order valence-corrected chi connectivity index (χ1v) is 6.37. The van der Waals surface area contributed by atoms with Gasteiger partial charge in [-0.05, 0) is 24.1 Å². The minimum atomic E-state index is 0.402. The Morgan fingerprint density at radius 2 is 2.18 bits per heavy atom. The fraction of sp³-hybridized carbons (Fsp3) is 0.333.